The molecule has 168 valence electrons. The van der Waals surface area contributed by atoms with E-state index < -0.39 is 35.3 Å². The number of carbonyl (C=O) groups is 4. The van der Waals surface area contributed by atoms with E-state index >= 15 is 0 Å². The topological polar surface area (TPSA) is 92.8 Å². The van der Waals surface area contributed by atoms with E-state index in [2.05, 4.69) is 5.32 Å². The minimum absolute atomic E-state index is 0.156. The van der Waals surface area contributed by atoms with Gasteiger partial charge in [0.1, 0.15) is 5.54 Å². The number of hydrogen-bond acceptors (Lipinski definition) is 7. The molecule has 0 aliphatic carbocycles. The Kier molecular flexibility index (Phi) is 6.01. The van der Waals surface area contributed by atoms with Crippen molar-refractivity contribution in [1.82, 2.24) is 5.32 Å². The van der Waals surface area contributed by atoms with Crippen LogP contribution in [0.1, 0.15) is 54.9 Å². The number of rotatable bonds is 7. The second kappa shape index (κ2) is 8.60. The second-order valence-electron chi connectivity index (χ2n) is 8.20. The summed E-state index contributed by atoms with van der Waals surface area (Å²) in [6.07, 6.45) is 1.00. The zero-order valence-corrected chi connectivity index (χ0v) is 19.1. The smallest absolute Gasteiger partial charge is 0.327 e. The van der Waals surface area contributed by atoms with Crippen LogP contribution in [0.3, 0.4) is 0 Å². The molecule has 8 heteroatoms. The van der Waals surface area contributed by atoms with Crippen LogP contribution in [0, 0.1) is 11.8 Å². The Morgan fingerprint density at radius 1 is 1.16 bits per heavy atom. The Labute approximate surface area is 190 Å². The molecule has 0 spiro atoms. The number of anilines is 1. The molecule has 0 saturated carbocycles. The Balaban J connectivity index is 1.84. The summed E-state index contributed by atoms with van der Waals surface area (Å²) in [4.78, 5) is 54.6. The van der Waals surface area contributed by atoms with Crippen LogP contribution in [0.2, 0.25) is 0 Å². The van der Waals surface area contributed by atoms with Gasteiger partial charge in [-0.15, -0.1) is 11.3 Å². The molecule has 1 aromatic carbocycles. The van der Waals surface area contributed by atoms with E-state index in [-0.39, 0.29) is 18.3 Å². The summed E-state index contributed by atoms with van der Waals surface area (Å²) < 4.78 is 5.41. The number of amides is 2. The third-order valence-electron chi connectivity index (χ3n) is 6.30. The van der Waals surface area contributed by atoms with E-state index in [1.54, 1.807) is 31.2 Å². The lowest BCUT2D eigenvalue weighted by Gasteiger charge is -2.32. The molecule has 2 aromatic rings. The molecule has 2 aliphatic rings. The molecule has 2 aliphatic heterocycles. The van der Waals surface area contributed by atoms with Gasteiger partial charge in [-0.3, -0.25) is 24.5 Å². The predicted octanol–water partition coefficient (Wildman–Crippen LogP) is 3.50. The van der Waals surface area contributed by atoms with Gasteiger partial charge in [0.15, 0.2) is 5.78 Å². The predicted molar refractivity (Wildman–Crippen MR) is 120 cm³/mol. The van der Waals surface area contributed by atoms with Crippen molar-refractivity contribution in [1.29, 1.82) is 0 Å². The summed E-state index contributed by atoms with van der Waals surface area (Å²) >= 11 is 1.48. The largest absolute Gasteiger partial charge is 0.465 e. The first-order valence-corrected chi connectivity index (χ1v) is 11.7. The summed E-state index contributed by atoms with van der Waals surface area (Å²) in [5.74, 6) is -3.09. The van der Waals surface area contributed by atoms with Crippen LogP contribution in [-0.2, 0) is 19.1 Å². The monoisotopic (exact) mass is 454 g/mol. The van der Waals surface area contributed by atoms with Gasteiger partial charge in [0.25, 0.3) is 0 Å². The van der Waals surface area contributed by atoms with Crippen molar-refractivity contribution in [3.8, 4) is 0 Å². The third-order valence-corrected chi connectivity index (χ3v) is 7.25. The molecule has 7 nitrogen and oxygen atoms in total. The molecule has 0 radical (unpaired) electrons. The minimum Gasteiger partial charge on any atom is -0.465 e. The first kappa shape index (κ1) is 22.4. The molecule has 0 bridgehead atoms. The molecule has 2 fully saturated rings. The molecule has 32 heavy (non-hydrogen) atoms. The summed E-state index contributed by atoms with van der Waals surface area (Å²) in [5.41, 5.74) is -0.524. The maximum Gasteiger partial charge on any atom is 0.327 e. The van der Waals surface area contributed by atoms with Crippen LogP contribution in [-0.4, -0.2) is 35.7 Å². The third kappa shape index (κ3) is 3.38. The molecule has 1 N–H and O–H groups in total. The van der Waals surface area contributed by atoms with Gasteiger partial charge in [-0.25, -0.2) is 4.90 Å². The van der Waals surface area contributed by atoms with Crippen molar-refractivity contribution in [2.45, 2.75) is 45.2 Å². The van der Waals surface area contributed by atoms with Gasteiger partial charge >= 0.3 is 5.97 Å². The lowest BCUT2D eigenvalue weighted by atomic mass is 9.77. The average Bonchev–Trinajstić information content (AvgIpc) is 3.46. The second-order valence-corrected chi connectivity index (χ2v) is 9.18. The Bertz CT molecular complexity index is 1070. The normalized spacial score (nSPS) is 27.0. The van der Waals surface area contributed by atoms with Crippen LogP contribution in [0.4, 0.5) is 5.69 Å². The molecule has 4 rings (SSSR count). The number of thiophene rings is 1. The summed E-state index contributed by atoms with van der Waals surface area (Å²) in [6.45, 7) is 5.28. The highest BCUT2D eigenvalue weighted by Gasteiger charge is 2.68. The molecule has 3 heterocycles. The van der Waals surface area contributed by atoms with Crippen molar-refractivity contribution < 1.29 is 23.9 Å². The van der Waals surface area contributed by atoms with E-state index in [1.165, 1.54) is 18.3 Å². The SMILES string of the molecule is CCC[C@@]1(C(=O)OCC)N[C@@H](c2cccs2)[C@H]2C(=O)N(c3cccc(C(C)=O)c3)C(=O)[C@@H]21. The van der Waals surface area contributed by atoms with Crippen LogP contribution in [0.15, 0.2) is 41.8 Å². The fraction of sp³-hybridized carbons (Fsp3) is 0.417. The van der Waals surface area contributed by atoms with Crippen molar-refractivity contribution >= 4 is 40.6 Å². The van der Waals surface area contributed by atoms with Crippen LogP contribution in [0.25, 0.3) is 0 Å². The first-order valence-electron chi connectivity index (χ1n) is 10.8. The number of fused-ring (bicyclic) bond motifs is 1. The van der Waals surface area contributed by atoms with Gasteiger partial charge in [0.05, 0.1) is 30.2 Å². The number of carbonyl (C=O) groups excluding carboxylic acids is 4. The molecule has 2 saturated heterocycles. The number of Topliss-reactive ketones (excluding diaryl/α,β-unsaturated/α-hetero) is 1. The Morgan fingerprint density at radius 3 is 2.56 bits per heavy atom. The van der Waals surface area contributed by atoms with Gasteiger partial charge in [-0.2, -0.15) is 0 Å². The zero-order valence-electron chi connectivity index (χ0n) is 18.3. The van der Waals surface area contributed by atoms with Crippen molar-refractivity contribution in [2.75, 3.05) is 11.5 Å². The maximum atomic E-state index is 13.8. The zero-order chi connectivity index (χ0) is 23.0. The van der Waals surface area contributed by atoms with Crippen LogP contribution in [0.5, 0.6) is 0 Å². The van der Waals surface area contributed by atoms with Gasteiger partial charge in [-0.1, -0.05) is 31.5 Å². The van der Waals surface area contributed by atoms with Gasteiger partial charge in [0.2, 0.25) is 11.8 Å². The highest BCUT2D eigenvalue weighted by atomic mass is 32.1. The van der Waals surface area contributed by atoms with E-state index in [4.69, 9.17) is 4.74 Å². The van der Waals surface area contributed by atoms with Gasteiger partial charge in [-0.05, 0) is 43.8 Å². The number of benzene rings is 1. The molecule has 2 amide bonds. The maximum absolute atomic E-state index is 13.8. The summed E-state index contributed by atoms with van der Waals surface area (Å²) in [7, 11) is 0. The fourth-order valence-corrected chi connectivity index (χ4v) is 5.83. The first-order chi connectivity index (χ1) is 15.4. The van der Waals surface area contributed by atoms with Gasteiger partial charge < -0.3 is 4.74 Å². The number of esters is 1. The van der Waals surface area contributed by atoms with E-state index in [1.807, 2.05) is 24.4 Å². The molecular weight excluding hydrogens is 428 g/mol. The van der Waals surface area contributed by atoms with E-state index in [9.17, 15) is 19.2 Å². The Morgan fingerprint density at radius 2 is 1.94 bits per heavy atom. The number of ketones is 1. The molecular formula is C24H26N2O5S. The highest BCUT2D eigenvalue weighted by molar-refractivity contribution is 7.10. The van der Waals surface area contributed by atoms with Crippen molar-refractivity contribution in [3.05, 3.63) is 52.2 Å². The average molecular weight is 455 g/mol. The Hall–Kier alpha value is -2.84. The van der Waals surface area contributed by atoms with E-state index in [0.717, 1.165) is 9.78 Å². The lowest BCUT2D eigenvalue weighted by molar-refractivity contribution is -0.155. The van der Waals surface area contributed by atoms with Crippen molar-refractivity contribution in [2.24, 2.45) is 11.8 Å². The fourth-order valence-electron chi connectivity index (χ4n) is 5.01. The van der Waals surface area contributed by atoms with Crippen molar-refractivity contribution in [3.63, 3.8) is 0 Å². The van der Waals surface area contributed by atoms with Crippen LogP contribution < -0.4 is 10.2 Å². The number of nitrogens with zero attached hydrogens (tertiary/aromatic N) is 1. The molecule has 4 atom stereocenters. The van der Waals surface area contributed by atoms with E-state index in [0.29, 0.717) is 24.1 Å². The summed E-state index contributed by atoms with van der Waals surface area (Å²) in [6, 6.07) is 9.81. The standard InChI is InChI=1S/C24H26N2O5S/c1-4-11-24(23(30)31-5-2)19-18(20(25-24)17-10-7-12-32-17)21(28)26(22(19)29)16-9-6-8-15(13-16)14(3)27/h6-10,12-13,18-20,25H,4-5,11H2,1-3H3/t18-,19+,20-,24+/m0/s1. The lowest BCUT2D eigenvalue weighted by Crippen LogP contribution is -2.56. The number of imide groups is 1. The quantitative estimate of drug-likeness (QED) is 0.391. The number of ether oxygens (including phenoxy) is 1. The minimum atomic E-state index is -1.29. The van der Waals surface area contributed by atoms with Crippen LogP contribution >= 0.6 is 11.3 Å². The molecule has 0 unspecified atom stereocenters. The molecule has 1 aromatic heterocycles. The number of nitrogens with one attached hydrogen (secondary N) is 1. The summed E-state index contributed by atoms with van der Waals surface area (Å²) in [5, 5.41) is 5.28. The highest BCUT2D eigenvalue weighted by Crippen LogP contribution is 2.52. The number of hydrogen-bond donors (Lipinski definition) is 1. The van der Waals surface area contributed by atoms with Gasteiger partial charge in [0, 0.05) is 10.4 Å².